The van der Waals surface area contributed by atoms with Gasteiger partial charge in [-0.15, -0.1) is 0 Å². The largest absolute Gasteiger partial charge is 0.497 e. The average molecular weight is 366 g/mol. The zero-order chi connectivity index (χ0) is 19.5. The highest BCUT2D eigenvalue weighted by molar-refractivity contribution is 5.88. The molecule has 0 bridgehead atoms. The summed E-state index contributed by atoms with van der Waals surface area (Å²) in [6.07, 6.45) is 1.89. The van der Waals surface area contributed by atoms with E-state index in [1.807, 2.05) is 6.92 Å². The lowest BCUT2D eigenvalue weighted by molar-refractivity contribution is -0.143. The Balaban J connectivity index is 2.79. The SMILES string of the molecule is CCCCC(CC(=O)NO)C(=O)NC(Cc1ccc(OC)cc1)C(=O)O. The summed E-state index contributed by atoms with van der Waals surface area (Å²) in [6.45, 7) is 1.95. The summed E-state index contributed by atoms with van der Waals surface area (Å²) in [7, 11) is 1.54. The summed E-state index contributed by atoms with van der Waals surface area (Å²) < 4.78 is 5.06. The minimum Gasteiger partial charge on any atom is -0.497 e. The Morgan fingerprint density at radius 2 is 1.85 bits per heavy atom. The van der Waals surface area contributed by atoms with Crippen LogP contribution in [-0.2, 0) is 20.8 Å². The molecule has 0 saturated heterocycles. The van der Waals surface area contributed by atoms with Crippen LogP contribution in [-0.4, -0.2) is 41.2 Å². The van der Waals surface area contributed by atoms with Crippen molar-refractivity contribution < 1.29 is 29.4 Å². The highest BCUT2D eigenvalue weighted by Crippen LogP contribution is 2.16. The second-order valence-corrected chi connectivity index (χ2v) is 6.03. The molecule has 0 fully saturated rings. The first-order chi connectivity index (χ1) is 12.4. The van der Waals surface area contributed by atoms with Crippen LogP contribution in [0.1, 0.15) is 38.2 Å². The number of carboxylic acids is 1. The average Bonchev–Trinajstić information content (AvgIpc) is 2.64. The van der Waals surface area contributed by atoms with Crippen LogP contribution in [0.2, 0.25) is 0 Å². The molecule has 8 nitrogen and oxygen atoms in total. The van der Waals surface area contributed by atoms with Crippen LogP contribution in [0.25, 0.3) is 0 Å². The number of hydroxylamine groups is 1. The summed E-state index contributed by atoms with van der Waals surface area (Å²) in [5.41, 5.74) is 2.24. The van der Waals surface area contributed by atoms with E-state index in [1.165, 1.54) is 12.6 Å². The molecule has 2 atom stereocenters. The number of carbonyl (C=O) groups is 3. The fraction of sp³-hybridized carbons (Fsp3) is 0.500. The van der Waals surface area contributed by atoms with Crippen molar-refractivity contribution in [2.75, 3.05) is 7.11 Å². The van der Waals surface area contributed by atoms with Gasteiger partial charge in [0.1, 0.15) is 11.8 Å². The Bertz CT molecular complexity index is 602. The number of hydrogen-bond acceptors (Lipinski definition) is 5. The van der Waals surface area contributed by atoms with Gasteiger partial charge < -0.3 is 15.2 Å². The number of methoxy groups -OCH3 is 1. The molecule has 0 aliphatic rings. The Morgan fingerprint density at radius 1 is 1.19 bits per heavy atom. The normalized spacial score (nSPS) is 12.7. The van der Waals surface area contributed by atoms with Gasteiger partial charge in [-0.3, -0.25) is 14.8 Å². The molecule has 0 heterocycles. The zero-order valence-electron chi connectivity index (χ0n) is 15.0. The molecule has 4 N–H and O–H groups in total. The van der Waals surface area contributed by atoms with Crippen LogP contribution >= 0.6 is 0 Å². The highest BCUT2D eigenvalue weighted by atomic mass is 16.5. The maximum absolute atomic E-state index is 12.4. The lowest BCUT2D eigenvalue weighted by Gasteiger charge is -2.20. The first-order valence-corrected chi connectivity index (χ1v) is 8.50. The van der Waals surface area contributed by atoms with E-state index in [4.69, 9.17) is 9.94 Å². The first-order valence-electron chi connectivity index (χ1n) is 8.50. The fourth-order valence-corrected chi connectivity index (χ4v) is 2.53. The fourth-order valence-electron chi connectivity index (χ4n) is 2.53. The summed E-state index contributed by atoms with van der Waals surface area (Å²) >= 11 is 0. The lowest BCUT2D eigenvalue weighted by atomic mass is 9.96. The van der Waals surface area contributed by atoms with Crippen molar-refractivity contribution in [1.82, 2.24) is 10.8 Å². The Hall–Kier alpha value is -2.61. The number of amides is 2. The van der Waals surface area contributed by atoms with E-state index < -0.39 is 29.7 Å². The number of carbonyl (C=O) groups excluding carboxylic acids is 2. The van der Waals surface area contributed by atoms with Gasteiger partial charge in [0.15, 0.2) is 0 Å². The quantitative estimate of drug-likeness (QED) is 0.347. The van der Waals surface area contributed by atoms with E-state index in [2.05, 4.69) is 5.32 Å². The number of benzene rings is 1. The molecule has 0 aliphatic heterocycles. The Morgan fingerprint density at radius 3 is 2.35 bits per heavy atom. The van der Waals surface area contributed by atoms with Crippen molar-refractivity contribution in [3.63, 3.8) is 0 Å². The number of aliphatic carboxylic acids is 1. The predicted molar refractivity (Wildman–Crippen MR) is 93.8 cm³/mol. The summed E-state index contributed by atoms with van der Waals surface area (Å²) in [5, 5.41) is 20.6. The number of carboxylic acid groups (broad SMARTS) is 1. The number of ether oxygens (including phenoxy) is 1. The molecule has 0 aromatic heterocycles. The third-order valence-corrected chi connectivity index (χ3v) is 4.05. The van der Waals surface area contributed by atoms with E-state index in [9.17, 15) is 19.5 Å². The van der Waals surface area contributed by atoms with E-state index >= 15 is 0 Å². The summed E-state index contributed by atoms with van der Waals surface area (Å²) in [6, 6.07) is 5.78. The zero-order valence-corrected chi connectivity index (χ0v) is 15.0. The van der Waals surface area contributed by atoms with Gasteiger partial charge in [-0.2, -0.15) is 0 Å². The Labute approximate surface area is 152 Å². The number of rotatable bonds is 11. The van der Waals surface area contributed by atoms with Gasteiger partial charge in [-0.1, -0.05) is 31.9 Å². The molecule has 0 radical (unpaired) electrons. The molecule has 0 spiro atoms. The van der Waals surface area contributed by atoms with Gasteiger partial charge in [0, 0.05) is 18.8 Å². The molecule has 1 aromatic rings. The van der Waals surface area contributed by atoms with E-state index in [0.717, 1.165) is 12.0 Å². The van der Waals surface area contributed by atoms with Crippen LogP contribution in [0.15, 0.2) is 24.3 Å². The Kier molecular flexibility index (Phi) is 9.14. The first kappa shape index (κ1) is 21.4. The second kappa shape index (κ2) is 11.1. The molecular formula is C18H26N2O6. The van der Waals surface area contributed by atoms with Crippen LogP contribution in [0.3, 0.4) is 0 Å². The smallest absolute Gasteiger partial charge is 0.326 e. The molecule has 1 rings (SSSR count). The summed E-state index contributed by atoms with van der Waals surface area (Å²) in [5.74, 6) is -2.39. The minimum atomic E-state index is -1.16. The van der Waals surface area contributed by atoms with Crippen molar-refractivity contribution in [2.45, 2.75) is 45.1 Å². The maximum atomic E-state index is 12.4. The van der Waals surface area contributed by atoms with Gasteiger partial charge in [0.2, 0.25) is 11.8 Å². The highest BCUT2D eigenvalue weighted by Gasteiger charge is 2.27. The van der Waals surface area contributed by atoms with E-state index in [0.29, 0.717) is 18.6 Å². The number of nitrogens with one attached hydrogen (secondary N) is 2. The predicted octanol–water partition coefficient (Wildman–Crippen LogP) is 1.51. The maximum Gasteiger partial charge on any atom is 0.326 e. The molecule has 144 valence electrons. The van der Waals surface area contributed by atoms with E-state index in [-0.39, 0.29) is 12.8 Å². The second-order valence-electron chi connectivity index (χ2n) is 6.03. The molecule has 2 unspecified atom stereocenters. The standard InChI is InChI=1S/C18H26N2O6/c1-3-4-5-13(11-16(21)20-25)17(22)19-15(18(23)24)10-12-6-8-14(26-2)9-7-12/h6-9,13,15,25H,3-5,10-11H2,1-2H3,(H,19,22)(H,20,21)(H,23,24). The third kappa shape index (κ3) is 7.10. The van der Waals surface area contributed by atoms with Crippen LogP contribution < -0.4 is 15.5 Å². The number of unbranched alkanes of at least 4 members (excludes halogenated alkanes) is 1. The van der Waals surface area contributed by atoms with Gasteiger partial charge in [-0.05, 0) is 24.1 Å². The van der Waals surface area contributed by atoms with Gasteiger partial charge in [-0.25, -0.2) is 10.3 Å². The van der Waals surface area contributed by atoms with Crippen molar-refractivity contribution in [2.24, 2.45) is 5.92 Å². The van der Waals surface area contributed by atoms with Gasteiger partial charge in [0.25, 0.3) is 0 Å². The monoisotopic (exact) mass is 366 g/mol. The molecule has 0 saturated carbocycles. The number of hydrogen-bond donors (Lipinski definition) is 4. The lowest BCUT2D eigenvalue weighted by Crippen LogP contribution is -2.45. The van der Waals surface area contributed by atoms with Crippen molar-refractivity contribution >= 4 is 17.8 Å². The van der Waals surface area contributed by atoms with Gasteiger partial charge in [0.05, 0.1) is 7.11 Å². The molecule has 26 heavy (non-hydrogen) atoms. The van der Waals surface area contributed by atoms with Crippen LogP contribution in [0.5, 0.6) is 5.75 Å². The minimum absolute atomic E-state index is 0.109. The third-order valence-electron chi connectivity index (χ3n) is 4.05. The van der Waals surface area contributed by atoms with E-state index in [1.54, 1.807) is 24.3 Å². The molecule has 0 aliphatic carbocycles. The van der Waals surface area contributed by atoms with Crippen LogP contribution in [0.4, 0.5) is 0 Å². The van der Waals surface area contributed by atoms with Crippen molar-refractivity contribution in [3.8, 4) is 5.75 Å². The molecule has 8 heteroatoms. The summed E-state index contributed by atoms with van der Waals surface area (Å²) in [4.78, 5) is 35.4. The molecule has 1 aromatic carbocycles. The van der Waals surface area contributed by atoms with Crippen molar-refractivity contribution in [3.05, 3.63) is 29.8 Å². The van der Waals surface area contributed by atoms with Gasteiger partial charge >= 0.3 is 5.97 Å². The van der Waals surface area contributed by atoms with Crippen LogP contribution in [0, 0.1) is 5.92 Å². The van der Waals surface area contributed by atoms with Crippen molar-refractivity contribution in [1.29, 1.82) is 0 Å². The topological polar surface area (TPSA) is 125 Å². The molecule has 2 amide bonds. The molecular weight excluding hydrogens is 340 g/mol.